The summed E-state index contributed by atoms with van der Waals surface area (Å²) in [4.78, 5) is 21.1. The fourth-order valence-electron chi connectivity index (χ4n) is 1.01. The van der Waals surface area contributed by atoms with E-state index in [4.69, 9.17) is 16.3 Å². The molecule has 0 aliphatic rings. The third kappa shape index (κ3) is 2.93. The van der Waals surface area contributed by atoms with Gasteiger partial charge in [-0.15, -0.1) is 0 Å². The topological polar surface area (TPSA) is 69.4 Å². The van der Waals surface area contributed by atoms with Gasteiger partial charge >= 0.3 is 5.69 Å². The molecule has 1 atom stereocenters. The van der Waals surface area contributed by atoms with Gasteiger partial charge in [0.2, 0.25) is 0 Å². The summed E-state index contributed by atoms with van der Waals surface area (Å²) in [5.74, 6) is -0.213. The van der Waals surface area contributed by atoms with Crippen molar-refractivity contribution in [2.75, 3.05) is 0 Å². The predicted octanol–water partition coefficient (Wildman–Crippen LogP) is 2.60. The van der Waals surface area contributed by atoms with Crippen LogP contribution in [-0.2, 0) is 4.79 Å². The number of rotatable bonds is 4. The highest BCUT2D eigenvalue weighted by Gasteiger charge is 2.19. The van der Waals surface area contributed by atoms with Crippen LogP contribution in [-0.4, -0.2) is 16.8 Å². The molecule has 0 amide bonds. The van der Waals surface area contributed by atoms with Gasteiger partial charge in [0.25, 0.3) is 0 Å². The van der Waals surface area contributed by atoms with E-state index in [1.807, 2.05) is 0 Å². The number of carbonyl (C=O) groups is 1. The molecule has 0 aliphatic heterocycles. The zero-order chi connectivity index (χ0) is 12.3. The Morgan fingerprint density at radius 2 is 2.19 bits per heavy atom. The second-order valence-electron chi connectivity index (χ2n) is 3.24. The van der Waals surface area contributed by atoms with Gasteiger partial charge in [-0.2, -0.15) is 0 Å². The van der Waals surface area contributed by atoms with Gasteiger partial charge in [0.15, 0.2) is 17.6 Å². The smallest absolute Gasteiger partial charge is 0.311 e. The standard InChI is InChI=1S/C10H10ClNO4/c1-6(13)7(2)16-10-5-8(11)3-4-9(10)12(14)15/h3-5,7H,1-2H3. The summed E-state index contributed by atoms with van der Waals surface area (Å²) in [6.07, 6.45) is -0.739. The number of carbonyl (C=O) groups excluding carboxylic acids is 1. The second-order valence-corrected chi connectivity index (χ2v) is 3.68. The minimum absolute atomic E-state index is 0.000185. The molecule has 86 valence electrons. The number of nitro groups is 1. The highest BCUT2D eigenvalue weighted by atomic mass is 35.5. The largest absolute Gasteiger partial charge is 0.476 e. The van der Waals surface area contributed by atoms with Gasteiger partial charge in [-0.3, -0.25) is 14.9 Å². The minimum Gasteiger partial charge on any atom is -0.476 e. The van der Waals surface area contributed by atoms with Gasteiger partial charge < -0.3 is 4.74 Å². The number of hydrogen-bond acceptors (Lipinski definition) is 4. The Morgan fingerprint density at radius 1 is 1.56 bits per heavy atom. The van der Waals surface area contributed by atoms with E-state index in [0.29, 0.717) is 5.02 Å². The molecule has 1 rings (SSSR count). The number of halogens is 1. The highest BCUT2D eigenvalue weighted by Crippen LogP contribution is 2.30. The van der Waals surface area contributed by atoms with Gasteiger partial charge in [-0.25, -0.2) is 0 Å². The van der Waals surface area contributed by atoms with E-state index in [9.17, 15) is 14.9 Å². The monoisotopic (exact) mass is 243 g/mol. The number of ether oxygens (including phenoxy) is 1. The Balaban J connectivity index is 3.05. The average molecular weight is 244 g/mol. The Hall–Kier alpha value is -1.62. The third-order valence-electron chi connectivity index (χ3n) is 1.99. The lowest BCUT2D eigenvalue weighted by atomic mass is 10.2. The molecule has 0 fully saturated rings. The quantitative estimate of drug-likeness (QED) is 0.602. The van der Waals surface area contributed by atoms with E-state index in [0.717, 1.165) is 0 Å². The Labute approximate surface area is 97.1 Å². The van der Waals surface area contributed by atoms with Crippen LogP contribution in [0.2, 0.25) is 5.02 Å². The van der Waals surface area contributed by atoms with Crippen LogP contribution >= 0.6 is 11.6 Å². The summed E-state index contributed by atoms with van der Waals surface area (Å²) in [5.41, 5.74) is -0.211. The predicted molar refractivity (Wildman–Crippen MR) is 58.9 cm³/mol. The normalized spacial score (nSPS) is 11.9. The first-order valence-electron chi connectivity index (χ1n) is 4.53. The molecule has 0 aliphatic carbocycles. The van der Waals surface area contributed by atoms with E-state index in [2.05, 4.69) is 0 Å². The van der Waals surface area contributed by atoms with E-state index >= 15 is 0 Å². The summed E-state index contributed by atoms with van der Waals surface area (Å²) in [5, 5.41) is 11.0. The molecule has 1 unspecified atom stereocenters. The fourth-order valence-corrected chi connectivity index (χ4v) is 1.17. The zero-order valence-electron chi connectivity index (χ0n) is 8.77. The first-order valence-corrected chi connectivity index (χ1v) is 4.90. The van der Waals surface area contributed by atoms with Gasteiger partial charge in [-0.05, 0) is 19.9 Å². The maximum atomic E-state index is 11.0. The molecule has 0 aromatic heterocycles. The molecule has 5 nitrogen and oxygen atoms in total. The molecule has 0 spiro atoms. The van der Waals surface area contributed by atoms with Gasteiger partial charge in [0.05, 0.1) is 4.92 Å². The Morgan fingerprint density at radius 3 is 2.69 bits per heavy atom. The van der Waals surface area contributed by atoms with Crippen LogP contribution in [0.25, 0.3) is 0 Å². The SMILES string of the molecule is CC(=O)C(C)Oc1cc(Cl)ccc1[N+](=O)[O-]. The van der Waals surface area contributed by atoms with Crippen molar-refractivity contribution in [3.8, 4) is 5.75 Å². The zero-order valence-corrected chi connectivity index (χ0v) is 9.52. The van der Waals surface area contributed by atoms with Crippen LogP contribution < -0.4 is 4.74 Å². The third-order valence-corrected chi connectivity index (χ3v) is 2.23. The summed E-state index contributed by atoms with van der Waals surface area (Å²) >= 11 is 5.70. The summed E-state index contributed by atoms with van der Waals surface area (Å²) < 4.78 is 5.17. The van der Waals surface area contributed by atoms with E-state index < -0.39 is 11.0 Å². The summed E-state index contributed by atoms with van der Waals surface area (Å²) in [6, 6.07) is 3.95. The lowest BCUT2D eigenvalue weighted by Crippen LogP contribution is -2.21. The molecule has 6 heteroatoms. The lowest BCUT2D eigenvalue weighted by molar-refractivity contribution is -0.386. The van der Waals surface area contributed by atoms with Crippen molar-refractivity contribution in [2.45, 2.75) is 20.0 Å². The van der Waals surface area contributed by atoms with Crippen LogP contribution in [0.3, 0.4) is 0 Å². The summed E-state index contributed by atoms with van der Waals surface area (Å²) in [7, 11) is 0. The molecule has 0 radical (unpaired) electrons. The first-order chi connectivity index (χ1) is 7.41. The van der Waals surface area contributed by atoms with Crippen molar-refractivity contribution in [2.24, 2.45) is 0 Å². The molecule has 1 aromatic carbocycles. The molecule has 0 bridgehead atoms. The maximum Gasteiger partial charge on any atom is 0.311 e. The minimum atomic E-state index is -0.739. The molecular formula is C10H10ClNO4. The van der Waals surface area contributed by atoms with E-state index in [-0.39, 0.29) is 17.2 Å². The number of nitro benzene ring substituents is 1. The van der Waals surface area contributed by atoms with Crippen molar-refractivity contribution in [1.82, 2.24) is 0 Å². The first kappa shape index (κ1) is 12.4. The number of hydrogen-bond donors (Lipinski definition) is 0. The van der Waals surface area contributed by atoms with Crippen molar-refractivity contribution in [1.29, 1.82) is 0 Å². The summed E-state index contributed by atoms with van der Waals surface area (Å²) in [6.45, 7) is 2.87. The van der Waals surface area contributed by atoms with Gasteiger partial charge in [-0.1, -0.05) is 11.6 Å². The van der Waals surface area contributed by atoms with Gasteiger partial charge in [0.1, 0.15) is 0 Å². The van der Waals surface area contributed by atoms with Crippen LogP contribution in [0.15, 0.2) is 18.2 Å². The molecule has 16 heavy (non-hydrogen) atoms. The number of Topliss-reactive ketones (excluding diaryl/α,β-unsaturated/α-hetero) is 1. The average Bonchev–Trinajstić information content (AvgIpc) is 2.16. The van der Waals surface area contributed by atoms with Crippen LogP contribution in [0, 0.1) is 10.1 Å². The highest BCUT2D eigenvalue weighted by molar-refractivity contribution is 6.30. The molecular weight excluding hydrogens is 234 g/mol. The van der Waals surface area contributed by atoms with E-state index in [1.54, 1.807) is 0 Å². The lowest BCUT2D eigenvalue weighted by Gasteiger charge is -2.11. The van der Waals surface area contributed by atoms with Crippen LogP contribution in [0.1, 0.15) is 13.8 Å². The molecule has 1 aromatic rings. The fraction of sp³-hybridized carbons (Fsp3) is 0.300. The Kier molecular flexibility index (Phi) is 3.84. The number of nitrogens with zero attached hydrogens (tertiary/aromatic N) is 1. The molecule has 0 saturated heterocycles. The molecule has 0 N–H and O–H groups in total. The van der Waals surface area contributed by atoms with Crippen molar-refractivity contribution in [3.05, 3.63) is 33.3 Å². The van der Waals surface area contributed by atoms with Crippen molar-refractivity contribution in [3.63, 3.8) is 0 Å². The maximum absolute atomic E-state index is 11.0. The van der Waals surface area contributed by atoms with Gasteiger partial charge in [0, 0.05) is 17.2 Å². The van der Waals surface area contributed by atoms with Crippen LogP contribution in [0.4, 0.5) is 5.69 Å². The van der Waals surface area contributed by atoms with Crippen LogP contribution in [0.5, 0.6) is 5.75 Å². The second kappa shape index (κ2) is 4.94. The van der Waals surface area contributed by atoms with E-state index in [1.165, 1.54) is 32.0 Å². The van der Waals surface area contributed by atoms with Crippen molar-refractivity contribution < 1.29 is 14.5 Å². The number of benzene rings is 1. The molecule has 0 heterocycles. The number of ketones is 1. The molecule has 0 saturated carbocycles. The Bertz CT molecular complexity index is 433. The van der Waals surface area contributed by atoms with Crippen molar-refractivity contribution >= 4 is 23.1 Å².